The summed E-state index contributed by atoms with van der Waals surface area (Å²) in [7, 11) is 0. The maximum absolute atomic E-state index is 13.4. The van der Waals surface area contributed by atoms with Crippen LogP contribution in [0.3, 0.4) is 0 Å². The molecule has 0 unspecified atom stereocenters. The molecule has 2 nitrogen and oxygen atoms in total. The fraction of sp³-hybridized carbons (Fsp3) is 0. The van der Waals surface area contributed by atoms with Gasteiger partial charge >= 0.3 is 0 Å². The van der Waals surface area contributed by atoms with Gasteiger partial charge in [-0.05, 0) is 12.1 Å². The van der Waals surface area contributed by atoms with Crippen LogP contribution >= 0.6 is 11.3 Å². The minimum Gasteiger partial charge on any atom is -0.397 e. The summed E-state index contributed by atoms with van der Waals surface area (Å²) in [5.74, 6) is -0.303. The van der Waals surface area contributed by atoms with Crippen LogP contribution in [-0.2, 0) is 0 Å². The molecule has 0 saturated carbocycles. The van der Waals surface area contributed by atoms with E-state index in [2.05, 4.69) is 0 Å². The van der Waals surface area contributed by atoms with Gasteiger partial charge in [-0.1, -0.05) is 18.2 Å². The van der Waals surface area contributed by atoms with Crippen molar-refractivity contribution in [1.29, 1.82) is 5.26 Å². The van der Waals surface area contributed by atoms with Gasteiger partial charge in [0.05, 0.1) is 5.69 Å². The molecular weight excluding hydrogens is 211 g/mol. The molecule has 0 radical (unpaired) electrons. The maximum atomic E-state index is 13.4. The predicted molar refractivity (Wildman–Crippen MR) is 58.8 cm³/mol. The Morgan fingerprint density at radius 2 is 2.07 bits per heavy atom. The molecule has 0 amide bonds. The van der Waals surface area contributed by atoms with E-state index in [-0.39, 0.29) is 5.82 Å². The molecule has 1 aromatic carbocycles. The van der Waals surface area contributed by atoms with Gasteiger partial charge < -0.3 is 5.73 Å². The number of nitriles is 1. The zero-order valence-corrected chi connectivity index (χ0v) is 8.51. The van der Waals surface area contributed by atoms with Crippen LogP contribution in [0.25, 0.3) is 10.4 Å². The Balaban J connectivity index is 2.56. The van der Waals surface area contributed by atoms with Gasteiger partial charge in [0.15, 0.2) is 0 Å². The van der Waals surface area contributed by atoms with E-state index in [0.29, 0.717) is 21.0 Å². The topological polar surface area (TPSA) is 49.8 Å². The Morgan fingerprint density at radius 3 is 2.67 bits per heavy atom. The minimum absolute atomic E-state index is 0.303. The van der Waals surface area contributed by atoms with Crippen molar-refractivity contribution in [2.75, 3.05) is 5.73 Å². The summed E-state index contributed by atoms with van der Waals surface area (Å²) in [4.78, 5) is 1.11. The van der Waals surface area contributed by atoms with E-state index in [1.165, 1.54) is 17.4 Å². The summed E-state index contributed by atoms with van der Waals surface area (Å²) in [5.41, 5.74) is 6.49. The van der Waals surface area contributed by atoms with Crippen LogP contribution in [0.1, 0.15) is 4.88 Å². The molecule has 0 atom stereocenters. The second-order valence-corrected chi connectivity index (χ2v) is 4.04. The van der Waals surface area contributed by atoms with E-state index in [9.17, 15) is 4.39 Å². The molecule has 0 aliphatic carbocycles. The van der Waals surface area contributed by atoms with Gasteiger partial charge in [-0.15, -0.1) is 11.3 Å². The quantitative estimate of drug-likeness (QED) is 0.799. The van der Waals surface area contributed by atoms with E-state index < -0.39 is 0 Å². The molecule has 0 aliphatic rings. The van der Waals surface area contributed by atoms with E-state index in [0.717, 1.165) is 0 Å². The zero-order chi connectivity index (χ0) is 10.8. The number of rotatable bonds is 1. The molecule has 0 spiro atoms. The standard InChI is InChI=1S/C11H7FN2S/c12-8-4-2-1-3-7(8)10-5-9(14)11(6-13)15-10/h1-5H,14H2. The molecule has 2 rings (SSSR count). The smallest absolute Gasteiger partial charge is 0.131 e. The first-order valence-corrected chi connectivity index (χ1v) is 5.08. The number of halogens is 1. The second kappa shape index (κ2) is 3.71. The Kier molecular flexibility index (Phi) is 2.40. The SMILES string of the molecule is N#Cc1sc(-c2ccccc2F)cc1N. The van der Waals surface area contributed by atoms with Crippen molar-refractivity contribution < 1.29 is 4.39 Å². The van der Waals surface area contributed by atoms with E-state index >= 15 is 0 Å². The number of anilines is 1. The minimum atomic E-state index is -0.303. The molecule has 1 heterocycles. The lowest BCUT2D eigenvalue weighted by molar-refractivity contribution is 0.632. The van der Waals surface area contributed by atoms with Crippen LogP contribution in [-0.4, -0.2) is 0 Å². The fourth-order valence-electron chi connectivity index (χ4n) is 1.29. The molecule has 2 N–H and O–H groups in total. The van der Waals surface area contributed by atoms with Crippen molar-refractivity contribution >= 4 is 17.0 Å². The first-order chi connectivity index (χ1) is 7.22. The van der Waals surface area contributed by atoms with Crippen LogP contribution in [0.2, 0.25) is 0 Å². The molecule has 0 bridgehead atoms. The van der Waals surface area contributed by atoms with Crippen LogP contribution in [0.15, 0.2) is 30.3 Å². The van der Waals surface area contributed by atoms with Gasteiger partial charge in [0, 0.05) is 10.4 Å². The predicted octanol–water partition coefficient (Wildman–Crippen LogP) is 3.01. The maximum Gasteiger partial charge on any atom is 0.131 e. The lowest BCUT2D eigenvalue weighted by Crippen LogP contribution is -1.82. The molecule has 0 aliphatic heterocycles. The summed E-state index contributed by atoms with van der Waals surface area (Å²) in [6.45, 7) is 0. The number of nitrogen functional groups attached to an aromatic ring is 1. The lowest BCUT2D eigenvalue weighted by Gasteiger charge is -1.97. The van der Waals surface area contributed by atoms with E-state index in [1.54, 1.807) is 24.3 Å². The first-order valence-electron chi connectivity index (χ1n) is 4.26. The van der Waals surface area contributed by atoms with Crippen molar-refractivity contribution in [3.05, 3.63) is 41.0 Å². The third kappa shape index (κ3) is 1.69. The molecule has 0 fully saturated rings. The Morgan fingerprint density at radius 1 is 1.33 bits per heavy atom. The highest BCUT2D eigenvalue weighted by Crippen LogP contribution is 2.33. The number of hydrogen-bond acceptors (Lipinski definition) is 3. The van der Waals surface area contributed by atoms with Gasteiger partial charge in [0.2, 0.25) is 0 Å². The summed E-state index contributed by atoms with van der Waals surface area (Å²) in [6.07, 6.45) is 0. The summed E-state index contributed by atoms with van der Waals surface area (Å²) in [6, 6.07) is 10.0. The average Bonchev–Trinajstić information content (AvgIpc) is 2.60. The fourth-order valence-corrected chi connectivity index (χ4v) is 2.19. The van der Waals surface area contributed by atoms with Gasteiger partial charge in [0.25, 0.3) is 0 Å². The van der Waals surface area contributed by atoms with Crippen molar-refractivity contribution in [2.24, 2.45) is 0 Å². The molecule has 15 heavy (non-hydrogen) atoms. The Bertz CT molecular complexity index is 540. The molecular formula is C11H7FN2S. The largest absolute Gasteiger partial charge is 0.397 e. The monoisotopic (exact) mass is 218 g/mol. The third-order valence-corrected chi connectivity index (χ3v) is 3.09. The highest BCUT2D eigenvalue weighted by Gasteiger charge is 2.10. The van der Waals surface area contributed by atoms with Crippen LogP contribution in [0, 0.1) is 17.1 Å². The number of nitrogens with two attached hydrogens (primary N) is 1. The number of benzene rings is 1. The third-order valence-electron chi connectivity index (χ3n) is 2.00. The van der Waals surface area contributed by atoms with Gasteiger partial charge in [0.1, 0.15) is 16.8 Å². The Hall–Kier alpha value is -1.86. The lowest BCUT2D eigenvalue weighted by atomic mass is 10.2. The van der Waals surface area contributed by atoms with Gasteiger partial charge in [-0.25, -0.2) is 4.39 Å². The van der Waals surface area contributed by atoms with Crippen LogP contribution < -0.4 is 5.73 Å². The first kappa shape index (κ1) is 9.69. The Labute approximate surface area is 90.4 Å². The summed E-state index contributed by atoms with van der Waals surface area (Å²) < 4.78 is 13.4. The summed E-state index contributed by atoms with van der Waals surface area (Å²) >= 11 is 1.20. The van der Waals surface area contributed by atoms with E-state index in [4.69, 9.17) is 11.0 Å². The van der Waals surface area contributed by atoms with Crippen molar-refractivity contribution in [3.63, 3.8) is 0 Å². The van der Waals surface area contributed by atoms with Gasteiger partial charge in [-0.3, -0.25) is 0 Å². The van der Waals surface area contributed by atoms with Crippen molar-refractivity contribution in [3.8, 4) is 16.5 Å². The second-order valence-electron chi connectivity index (χ2n) is 2.99. The molecule has 2 aromatic rings. The number of nitrogens with zero attached hydrogens (tertiary/aromatic N) is 1. The van der Waals surface area contributed by atoms with Crippen LogP contribution in [0.4, 0.5) is 10.1 Å². The molecule has 1 aromatic heterocycles. The van der Waals surface area contributed by atoms with Crippen LogP contribution in [0.5, 0.6) is 0 Å². The van der Waals surface area contributed by atoms with E-state index in [1.807, 2.05) is 6.07 Å². The van der Waals surface area contributed by atoms with Crippen molar-refractivity contribution in [2.45, 2.75) is 0 Å². The van der Waals surface area contributed by atoms with Crippen molar-refractivity contribution in [1.82, 2.24) is 0 Å². The highest BCUT2D eigenvalue weighted by atomic mass is 32.1. The highest BCUT2D eigenvalue weighted by molar-refractivity contribution is 7.16. The van der Waals surface area contributed by atoms with Gasteiger partial charge in [-0.2, -0.15) is 5.26 Å². The zero-order valence-electron chi connectivity index (χ0n) is 7.70. The average molecular weight is 218 g/mol. The summed E-state index contributed by atoms with van der Waals surface area (Å²) in [5, 5.41) is 8.73. The normalized spacial score (nSPS) is 9.87. The molecule has 4 heteroatoms. The number of thiophene rings is 1. The molecule has 74 valence electrons. The molecule has 0 saturated heterocycles. The number of hydrogen-bond donors (Lipinski definition) is 1.